The first-order valence-electron chi connectivity index (χ1n) is 26.7. The number of hydrogen-bond acceptors (Lipinski definition) is 1. The van der Waals surface area contributed by atoms with Crippen LogP contribution in [0.1, 0.15) is 50.1 Å². The summed E-state index contributed by atoms with van der Waals surface area (Å²) in [5.74, 6) is 0. The molecule has 0 unspecified atom stereocenters. The van der Waals surface area contributed by atoms with E-state index in [0.717, 1.165) is 105 Å². The summed E-state index contributed by atoms with van der Waals surface area (Å²) in [6.45, 7) is 10.1. The molecular weight excluding hydrogens is 974 g/mol. The molecule has 0 aliphatic heterocycles. The van der Waals surface area contributed by atoms with Gasteiger partial charge < -0.3 is 4.57 Å². The third kappa shape index (κ3) is 9.84. The largest absolute Gasteiger partial charge is 0.417 e. The molecule has 11 aromatic carbocycles. The van der Waals surface area contributed by atoms with Gasteiger partial charge >= 0.3 is 6.18 Å². The molecule has 382 valence electrons. The van der Waals surface area contributed by atoms with Crippen molar-refractivity contribution in [3.05, 3.63) is 281 Å². The van der Waals surface area contributed by atoms with Crippen molar-refractivity contribution in [1.29, 1.82) is 5.26 Å². The minimum absolute atomic E-state index is 0.144. The fraction of sp³-hybridized carbons (Fsp3) is 0.0946. The summed E-state index contributed by atoms with van der Waals surface area (Å²) < 4.78 is 47.6. The van der Waals surface area contributed by atoms with Crippen LogP contribution in [-0.2, 0) is 12.6 Å². The van der Waals surface area contributed by atoms with Crippen molar-refractivity contribution in [3.63, 3.8) is 0 Å². The number of nitriles is 1. The molecule has 0 fully saturated rings. The van der Waals surface area contributed by atoms with Gasteiger partial charge in [0.1, 0.15) is 0 Å². The van der Waals surface area contributed by atoms with E-state index >= 15 is 13.2 Å². The van der Waals surface area contributed by atoms with Crippen LogP contribution in [0.3, 0.4) is 0 Å². The number of aryl methyl sites for hydroxylation is 5. The number of hydrogen-bond donors (Lipinski definition) is 0. The topological polar surface area (TPSA) is 28.7 Å². The van der Waals surface area contributed by atoms with Crippen LogP contribution in [0.5, 0.6) is 0 Å². The third-order valence-electron chi connectivity index (χ3n) is 15.6. The third-order valence-corrected chi connectivity index (χ3v) is 15.6. The summed E-state index contributed by atoms with van der Waals surface area (Å²) >= 11 is 0. The number of alkyl halides is 3. The highest BCUT2D eigenvalue weighted by molar-refractivity contribution is 6.12. The van der Waals surface area contributed by atoms with E-state index in [1.54, 1.807) is 13.0 Å². The summed E-state index contributed by atoms with van der Waals surface area (Å²) in [6.07, 6.45) is -4.23. The first-order valence-corrected chi connectivity index (χ1v) is 26.7. The summed E-state index contributed by atoms with van der Waals surface area (Å²) in [5.41, 5.74) is 22.6. The SMILES string of the molecule is Cc1ccc(-c2cccc(-c3cc(-c4ccc(C)cc4)ccc3Cc3cc(-c4c(C)cccc4C(F)(F)F)ccc3-c3cc(C#N)ccc3-n3c4ccc(-c5ccc(C)cc5)cc4c4cc(-c5ccc(C)cc5)ccc43)c2)cc1. The van der Waals surface area contributed by atoms with E-state index in [0.29, 0.717) is 23.1 Å². The molecule has 0 saturated heterocycles. The second kappa shape index (κ2) is 20.5. The number of rotatable bonds is 10. The van der Waals surface area contributed by atoms with E-state index in [2.05, 4.69) is 214 Å². The molecule has 12 rings (SSSR count). The highest BCUT2D eigenvalue weighted by Gasteiger charge is 2.34. The minimum atomic E-state index is -4.59. The van der Waals surface area contributed by atoms with Crippen molar-refractivity contribution in [3.8, 4) is 89.6 Å². The highest BCUT2D eigenvalue weighted by atomic mass is 19.4. The smallest absolute Gasteiger partial charge is 0.309 e. The van der Waals surface area contributed by atoms with E-state index in [-0.39, 0.29) is 5.56 Å². The molecule has 0 aliphatic rings. The van der Waals surface area contributed by atoms with Gasteiger partial charge in [0.05, 0.1) is 33.9 Å². The molecule has 0 aliphatic carbocycles. The lowest BCUT2D eigenvalue weighted by atomic mass is 9.85. The van der Waals surface area contributed by atoms with Crippen molar-refractivity contribution >= 4 is 21.8 Å². The standard InChI is InChI=1S/C74H55F3N2/c1-46-12-21-52(22-13-46)56-9-7-10-60(39-56)65-42-57(53-23-14-47(2)15-24-53)29-30-61(65)40-63-41-62(73-50(5)8-6-11-69(73)74(75,76)77)31-34-64(63)66-38-51(45-78)20-35-70(66)79-71-36-32-58(54-25-16-48(3)17-26-54)43-67(71)68-44-59(33-37-72(68)79)55-27-18-49(4)19-28-55/h6-39,41-44H,40H2,1-5H3. The molecule has 0 radical (unpaired) electrons. The van der Waals surface area contributed by atoms with Gasteiger partial charge in [-0.2, -0.15) is 18.4 Å². The van der Waals surface area contributed by atoms with Gasteiger partial charge in [0.25, 0.3) is 0 Å². The Kier molecular flexibility index (Phi) is 13.0. The van der Waals surface area contributed by atoms with Crippen LogP contribution in [0.25, 0.3) is 105 Å². The molecular formula is C74H55F3N2. The summed E-state index contributed by atoms with van der Waals surface area (Å²) in [4.78, 5) is 0. The normalized spacial score (nSPS) is 11.6. The lowest BCUT2D eigenvalue weighted by Crippen LogP contribution is -2.08. The fourth-order valence-corrected chi connectivity index (χ4v) is 11.3. The van der Waals surface area contributed by atoms with E-state index in [4.69, 9.17) is 0 Å². The molecule has 0 N–H and O–H groups in total. The van der Waals surface area contributed by atoms with Crippen molar-refractivity contribution in [2.45, 2.75) is 47.2 Å². The van der Waals surface area contributed by atoms with Gasteiger partial charge in [-0.15, -0.1) is 0 Å². The maximum atomic E-state index is 15.1. The lowest BCUT2D eigenvalue weighted by molar-refractivity contribution is -0.137. The van der Waals surface area contributed by atoms with Crippen molar-refractivity contribution in [2.75, 3.05) is 0 Å². The maximum absolute atomic E-state index is 15.1. The number of aromatic nitrogens is 1. The van der Waals surface area contributed by atoms with E-state index in [1.165, 1.54) is 34.4 Å². The molecule has 0 amide bonds. The maximum Gasteiger partial charge on any atom is 0.417 e. The van der Waals surface area contributed by atoms with Crippen LogP contribution >= 0.6 is 0 Å². The first kappa shape index (κ1) is 50.3. The quantitative estimate of drug-likeness (QED) is 0.134. The summed E-state index contributed by atoms with van der Waals surface area (Å²) in [5, 5.41) is 12.8. The van der Waals surface area contributed by atoms with Crippen LogP contribution in [-0.4, -0.2) is 4.57 Å². The van der Waals surface area contributed by atoms with Gasteiger partial charge in [0.2, 0.25) is 0 Å². The molecule has 0 bridgehead atoms. The molecule has 12 aromatic rings. The second-order valence-electron chi connectivity index (χ2n) is 21.1. The number of benzene rings is 11. The van der Waals surface area contributed by atoms with Gasteiger partial charge in [0, 0.05) is 16.3 Å². The van der Waals surface area contributed by atoms with Crippen LogP contribution < -0.4 is 0 Å². The highest BCUT2D eigenvalue weighted by Crippen LogP contribution is 2.45. The lowest BCUT2D eigenvalue weighted by Gasteiger charge is -2.21. The van der Waals surface area contributed by atoms with Crippen molar-refractivity contribution < 1.29 is 13.2 Å². The average molecular weight is 1030 g/mol. The molecule has 1 heterocycles. The Hall–Kier alpha value is -9.50. The number of halogens is 3. The molecule has 79 heavy (non-hydrogen) atoms. The Morgan fingerprint density at radius 3 is 1.38 bits per heavy atom. The molecule has 2 nitrogen and oxygen atoms in total. The Morgan fingerprint density at radius 1 is 0.380 bits per heavy atom. The van der Waals surface area contributed by atoms with Gasteiger partial charge in [-0.3, -0.25) is 0 Å². The summed E-state index contributed by atoms with van der Waals surface area (Å²) in [6, 6.07) is 81.0. The van der Waals surface area contributed by atoms with E-state index < -0.39 is 11.7 Å². The Bertz CT molecular complexity index is 4240. The minimum Gasteiger partial charge on any atom is -0.309 e. The predicted molar refractivity (Wildman–Crippen MR) is 321 cm³/mol. The predicted octanol–water partition coefficient (Wildman–Crippen LogP) is 20.5. The van der Waals surface area contributed by atoms with Crippen molar-refractivity contribution in [2.24, 2.45) is 0 Å². The van der Waals surface area contributed by atoms with Crippen molar-refractivity contribution in [1.82, 2.24) is 4.57 Å². The van der Waals surface area contributed by atoms with Gasteiger partial charge in [0.15, 0.2) is 0 Å². The molecule has 1 aromatic heterocycles. The zero-order valence-corrected chi connectivity index (χ0v) is 44.7. The monoisotopic (exact) mass is 1030 g/mol. The van der Waals surface area contributed by atoms with Gasteiger partial charge in [-0.1, -0.05) is 192 Å². The Labute approximate surface area is 460 Å². The average Bonchev–Trinajstić information content (AvgIpc) is 4.08. The fourth-order valence-electron chi connectivity index (χ4n) is 11.3. The zero-order valence-electron chi connectivity index (χ0n) is 44.7. The zero-order chi connectivity index (χ0) is 54.5. The first-order chi connectivity index (χ1) is 38.3. The number of nitrogens with zero attached hydrogens (tertiary/aromatic N) is 2. The van der Waals surface area contributed by atoms with Crippen LogP contribution in [0.2, 0.25) is 0 Å². The van der Waals surface area contributed by atoms with Gasteiger partial charge in [-0.25, -0.2) is 0 Å². The van der Waals surface area contributed by atoms with Crippen LogP contribution in [0, 0.1) is 45.9 Å². The molecule has 0 saturated carbocycles. The van der Waals surface area contributed by atoms with Gasteiger partial charge in [-0.05, 0) is 191 Å². The van der Waals surface area contributed by atoms with E-state index in [1.807, 2.05) is 36.4 Å². The number of fused-ring (bicyclic) bond motifs is 3. The Balaban J connectivity index is 1.11. The summed E-state index contributed by atoms with van der Waals surface area (Å²) in [7, 11) is 0. The molecule has 0 spiro atoms. The molecule has 5 heteroatoms. The van der Waals surface area contributed by atoms with Crippen LogP contribution in [0.15, 0.2) is 231 Å². The van der Waals surface area contributed by atoms with E-state index in [9.17, 15) is 5.26 Å². The molecule has 0 atom stereocenters. The Morgan fingerprint density at radius 2 is 0.848 bits per heavy atom. The second-order valence-corrected chi connectivity index (χ2v) is 21.1. The van der Waals surface area contributed by atoms with Crippen LogP contribution in [0.4, 0.5) is 13.2 Å².